The van der Waals surface area contributed by atoms with Crippen LogP contribution in [0.1, 0.15) is 76.5 Å². The molecule has 1 aromatic carbocycles. The molecular formula is C29H38ClN3O3. The number of rotatable bonds is 4. The van der Waals surface area contributed by atoms with Crippen molar-refractivity contribution < 1.29 is 9.53 Å². The summed E-state index contributed by atoms with van der Waals surface area (Å²) in [5.74, 6) is 1.20. The zero-order valence-corrected chi connectivity index (χ0v) is 23.1. The van der Waals surface area contributed by atoms with E-state index in [1.54, 1.807) is 4.90 Å². The Morgan fingerprint density at radius 2 is 1.83 bits per heavy atom. The summed E-state index contributed by atoms with van der Waals surface area (Å²) in [7, 11) is 4.33. The molecule has 1 fully saturated rings. The van der Waals surface area contributed by atoms with Crippen LogP contribution in [0, 0.1) is 26.7 Å². The van der Waals surface area contributed by atoms with Crippen LogP contribution in [0.25, 0.3) is 0 Å². The summed E-state index contributed by atoms with van der Waals surface area (Å²) in [5.41, 5.74) is 5.49. The van der Waals surface area contributed by atoms with Gasteiger partial charge < -0.3 is 19.5 Å². The first kappa shape index (κ1) is 25.3. The fourth-order valence-corrected chi connectivity index (χ4v) is 7.10. The van der Waals surface area contributed by atoms with Gasteiger partial charge in [-0.05, 0) is 97.0 Å². The van der Waals surface area contributed by atoms with Gasteiger partial charge in [-0.2, -0.15) is 0 Å². The van der Waals surface area contributed by atoms with Gasteiger partial charge >= 0.3 is 0 Å². The Morgan fingerprint density at radius 1 is 1.14 bits per heavy atom. The maximum Gasteiger partial charge on any atom is 0.254 e. The molecule has 7 heteroatoms. The first-order chi connectivity index (χ1) is 17.0. The second-order valence-electron chi connectivity index (χ2n) is 11.6. The molecule has 0 bridgehead atoms. The maximum absolute atomic E-state index is 13.7. The second-order valence-corrected chi connectivity index (χ2v) is 12.0. The number of ether oxygens (including phenoxy) is 1. The van der Waals surface area contributed by atoms with Gasteiger partial charge in [0.25, 0.3) is 11.5 Å². The number of nitrogens with one attached hydrogen (secondary N) is 1. The predicted molar refractivity (Wildman–Crippen MR) is 143 cm³/mol. The highest BCUT2D eigenvalue weighted by Gasteiger charge is 2.46. The van der Waals surface area contributed by atoms with Crippen molar-refractivity contribution in [1.29, 1.82) is 0 Å². The average Bonchev–Trinajstić information content (AvgIpc) is 3.20. The van der Waals surface area contributed by atoms with Gasteiger partial charge in [0.1, 0.15) is 11.4 Å². The fraction of sp³-hybridized carbons (Fsp3) is 0.586. The van der Waals surface area contributed by atoms with Gasteiger partial charge in [0.15, 0.2) is 0 Å². The van der Waals surface area contributed by atoms with Crippen molar-refractivity contribution in [2.75, 3.05) is 20.6 Å². The summed E-state index contributed by atoms with van der Waals surface area (Å²) < 4.78 is 6.74. The highest BCUT2D eigenvalue weighted by Crippen LogP contribution is 2.50. The minimum Gasteiger partial charge on any atom is -0.486 e. The number of hydrogen-bond donors (Lipinski definition) is 1. The Labute approximate surface area is 219 Å². The molecular weight excluding hydrogens is 474 g/mol. The van der Waals surface area contributed by atoms with Gasteiger partial charge in [0.05, 0.1) is 17.1 Å². The number of carbonyl (C=O) groups excluding carboxylic acids is 1. The Kier molecular flexibility index (Phi) is 6.49. The molecule has 0 spiro atoms. The van der Waals surface area contributed by atoms with Gasteiger partial charge in [0.2, 0.25) is 0 Å². The van der Waals surface area contributed by atoms with Gasteiger partial charge in [-0.1, -0.05) is 11.6 Å². The van der Waals surface area contributed by atoms with Crippen LogP contribution in [0.2, 0.25) is 5.02 Å². The minimum absolute atomic E-state index is 0.0680. The highest BCUT2D eigenvalue weighted by molar-refractivity contribution is 6.33. The Balaban J connectivity index is 1.43. The molecule has 3 heterocycles. The van der Waals surface area contributed by atoms with E-state index in [9.17, 15) is 9.59 Å². The fourth-order valence-electron chi connectivity index (χ4n) is 6.75. The van der Waals surface area contributed by atoms with Crippen LogP contribution in [-0.2, 0) is 19.4 Å². The summed E-state index contributed by atoms with van der Waals surface area (Å²) in [6.07, 6.45) is 6.12. The molecule has 1 amide bonds. The standard InChI is InChI=1S/C29H38ClN3O3/c1-16-13-17(2)31-27(34)23(16)15-33-12-11-21-24(28(33)35)18(3)26-22(25(21)30)14-29(4,36-26)19-7-9-20(10-8-19)32(5)6/h13,19-20H,7-12,14-15H2,1-6H3,(H,31,34). The third-order valence-corrected chi connectivity index (χ3v) is 9.41. The van der Waals surface area contributed by atoms with Crippen molar-refractivity contribution in [2.45, 2.75) is 84.4 Å². The topological polar surface area (TPSA) is 65.6 Å². The Morgan fingerprint density at radius 3 is 2.47 bits per heavy atom. The number of carbonyl (C=O) groups is 1. The smallest absolute Gasteiger partial charge is 0.254 e. The summed E-state index contributed by atoms with van der Waals surface area (Å²) in [6, 6.07) is 2.59. The van der Waals surface area contributed by atoms with Crippen LogP contribution in [0.4, 0.5) is 0 Å². The minimum atomic E-state index is -0.299. The normalized spacial score (nSPS) is 25.7. The van der Waals surface area contributed by atoms with E-state index in [2.05, 4.69) is 30.9 Å². The van der Waals surface area contributed by atoms with Crippen molar-refractivity contribution in [3.8, 4) is 5.75 Å². The van der Waals surface area contributed by atoms with E-state index in [4.69, 9.17) is 16.3 Å². The summed E-state index contributed by atoms with van der Waals surface area (Å²) >= 11 is 7.00. The van der Waals surface area contributed by atoms with Gasteiger partial charge in [-0.15, -0.1) is 0 Å². The van der Waals surface area contributed by atoms with Crippen LogP contribution >= 0.6 is 11.6 Å². The van der Waals surface area contributed by atoms with Gasteiger partial charge in [0, 0.05) is 41.4 Å². The van der Waals surface area contributed by atoms with E-state index in [1.807, 2.05) is 26.8 Å². The quantitative estimate of drug-likeness (QED) is 0.629. The first-order valence-corrected chi connectivity index (χ1v) is 13.6. The number of halogens is 1. The van der Waals surface area contributed by atoms with E-state index in [-0.39, 0.29) is 17.1 Å². The van der Waals surface area contributed by atoms with Crippen LogP contribution < -0.4 is 10.3 Å². The summed E-state index contributed by atoms with van der Waals surface area (Å²) in [5, 5.41) is 0.702. The van der Waals surface area contributed by atoms with Crippen LogP contribution in [0.15, 0.2) is 10.9 Å². The molecule has 36 heavy (non-hydrogen) atoms. The molecule has 194 valence electrons. The second kappa shape index (κ2) is 9.21. The SMILES string of the molecule is Cc1cc(C)c(CN2CCc3c(Cl)c4c(c(C)c3C2=O)OC(C)(C2CCC(N(C)C)CC2)C4)c(=O)[nH]1. The van der Waals surface area contributed by atoms with Crippen LogP contribution in [0.5, 0.6) is 5.75 Å². The molecule has 6 nitrogen and oxygen atoms in total. The zero-order valence-electron chi connectivity index (χ0n) is 22.4. The largest absolute Gasteiger partial charge is 0.486 e. The monoisotopic (exact) mass is 511 g/mol. The number of aromatic nitrogens is 1. The molecule has 1 aromatic heterocycles. The predicted octanol–water partition coefficient (Wildman–Crippen LogP) is 4.97. The molecule has 0 radical (unpaired) electrons. The molecule has 1 unspecified atom stereocenters. The van der Waals surface area contributed by atoms with Crippen molar-refractivity contribution in [1.82, 2.24) is 14.8 Å². The first-order valence-electron chi connectivity index (χ1n) is 13.2. The molecule has 1 N–H and O–H groups in total. The molecule has 2 aromatic rings. The molecule has 3 aliphatic rings. The van der Waals surface area contributed by atoms with E-state index < -0.39 is 0 Å². The Bertz CT molecular complexity index is 1280. The lowest BCUT2D eigenvalue weighted by Gasteiger charge is -2.40. The van der Waals surface area contributed by atoms with Crippen molar-refractivity contribution in [2.24, 2.45) is 5.92 Å². The number of hydrogen-bond acceptors (Lipinski definition) is 4. The van der Waals surface area contributed by atoms with Gasteiger partial charge in [-0.25, -0.2) is 0 Å². The number of fused-ring (bicyclic) bond motifs is 2. The van der Waals surface area contributed by atoms with E-state index in [1.165, 1.54) is 12.8 Å². The zero-order chi connectivity index (χ0) is 25.9. The molecule has 1 saturated carbocycles. The number of pyridine rings is 1. The maximum atomic E-state index is 13.7. The molecule has 0 saturated heterocycles. The summed E-state index contributed by atoms with van der Waals surface area (Å²) in [6.45, 7) is 8.85. The highest BCUT2D eigenvalue weighted by atomic mass is 35.5. The summed E-state index contributed by atoms with van der Waals surface area (Å²) in [4.78, 5) is 33.3. The van der Waals surface area contributed by atoms with E-state index in [0.29, 0.717) is 47.6 Å². The molecule has 5 rings (SSSR count). The average molecular weight is 512 g/mol. The number of nitrogens with zero attached hydrogens (tertiary/aromatic N) is 2. The van der Waals surface area contributed by atoms with Crippen molar-refractivity contribution in [3.63, 3.8) is 0 Å². The van der Waals surface area contributed by atoms with Crippen LogP contribution in [-0.4, -0.2) is 53.0 Å². The van der Waals surface area contributed by atoms with Crippen molar-refractivity contribution in [3.05, 3.63) is 60.5 Å². The number of H-pyrrole nitrogens is 1. The number of aromatic amines is 1. The van der Waals surface area contributed by atoms with E-state index in [0.717, 1.165) is 53.0 Å². The van der Waals surface area contributed by atoms with E-state index >= 15 is 0 Å². The van der Waals surface area contributed by atoms with Gasteiger partial charge in [-0.3, -0.25) is 9.59 Å². The lowest BCUT2D eigenvalue weighted by molar-refractivity contribution is 0.0158. The third kappa shape index (κ3) is 4.16. The van der Waals surface area contributed by atoms with Crippen LogP contribution in [0.3, 0.4) is 0 Å². The van der Waals surface area contributed by atoms with Crippen molar-refractivity contribution >= 4 is 17.5 Å². The lowest BCUT2D eigenvalue weighted by atomic mass is 9.74. The Hall–Kier alpha value is -2.31. The molecule has 1 atom stereocenters. The number of amides is 1. The number of benzene rings is 1. The molecule has 2 aliphatic heterocycles. The third-order valence-electron chi connectivity index (χ3n) is 8.95. The number of aryl methyl sites for hydroxylation is 2. The lowest BCUT2D eigenvalue weighted by Crippen LogP contribution is -2.44. The molecule has 1 aliphatic carbocycles.